The van der Waals surface area contributed by atoms with Crippen molar-refractivity contribution in [1.29, 1.82) is 0 Å². The molecule has 2 atom stereocenters. The van der Waals surface area contributed by atoms with Crippen LogP contribution in [0.3, 0.4) is 0 Å². The molecule has 2 unspecified atom stereocenters. The minimum absolute atomic E-state index is 0.175. The van der Waals surface area contributed by atoms with Gasteiger partial charge in [0.15, 0.2) is 6.10 Å². The molecular formula is C16H28O7. The van der Waals surface area contributed by atoms with E-state index in [9.17, 15) is 19.5 Å². The number of esters is 1. The van der Waals surface area contributed by atoms with Gasteiger partial charge >= 0.3 is 17.9 Å². The molecule has 7 nitrogen and oxygen atoms in total. The molecule has 0 heterocycles. The van der Waals surface area contributed by atoms with Crippen molar-refractivity contribution < 1.29 is 34.1 Å². The monoisotopic (exact) mass is 332 g/mol. The Bertz CT molecular complexity index is 401. The molecule has 23 heavy (non-hydrogen) atoms. The molecule has 0 amide bonds. The lowest BCUT2D eigenvalue weighted by Gasteiger charge is -2.30. The van der Waals surface area contributed by atoms with Crippen molar-refractivity contribution >= 4 is 17.9 Å². The number of ether oxygens (including phenoxy) is 2. The zero-order chi connectivity index (χ0) is 18.0. The Morgan fingerprint density at radius 2 is 1.65 bits per heavy atom. The van der Waals surface area contributed by atoms with Gasteiger partial charge < -0.3 is 19.7 Å². The van der Waals surface area contributed by atoms with Crippen molar-refractivity contribution in [3.8, 4) is 0 Å². The standard InChI is InChI=1S/C16H28O7/c1-5-8-9-22-13(11(14(19)20)10-12(17)18)15(21)23-16(4,6-2)7-3/h11,13H,5-10H2,1-4H3,(H,17,18)(H,19,20). The number of hydrogen-bond acceptors (Lipinski definition) is 5. The van der Waals surface area contributed by atoms with E-state index < -0.39 is 42.0 Å². The van der Waals surface area contributed by atoms with Crippen molar-refractivity contribution in [1.82, 2.24) is 0 Å². The molecule has 0 aliphatic heterocycles. The van der Waals surface area contributed by atoms with E-state index >= 15 is 0 Å². The van der Waals surface area contributed by atoms with E-state index in [0.29, 0.717) is 19.3 Å². The summed E-state index contributed by atoms with van der Waals surface area (Å²) < 4.78 is 10.8. The zero-order valence-electron chi connectivity index (χ0n) is 14.3. The summed E-state index contributed by atoms with van der Waals surface area (Å²) in [7, 11) is 0. The van der Waals surface area contributed by atoms with E-state index in [0.717, 1.165) is 6.42 Å². The SMILES string of the molecule is CCCCOC(C(=O)OC(C)(CC)CC)C(CC(=O)O)C(=O)O. The van der Waals surface area contributed by atoms with Crippen LogP contribution in [0.5, 0.6) is 0 Å². The zero-order valence-corrected chi connectivity index (χ0v) is 14.3. The first-order valence-electron chi connectivity index (χ1n) is 7.99. The van der Waals surface area contributed by atoms with Gasteiger partial charge in [-0.1, -0.05) is 27.2 Å². The highest BCUT2D eigenvalue weighted by atomic mass is 16.6. The maximum absolute atomic E-state index is 12.4. The van der Waals surface area contributed by atoms with Crippen LogP contribution in [0, 0.1) is 5.92 Å². The molecule has 0 spiro atoms. The average Bonchev–Trinajstić information content (AvgIpc) is 2.49. The van der Waals surface area contributed by atoms with Crippen LogP contribution in [0.4, 0.5) is 0 Å². The van der Waals surface area contributed by atoms with E-state index in [2.05, 4.69) is 0 Å². The van der Waals surface area contributed by atoms with Crippen LogP contribution in [0.25, 0.3) is 0 Å². The van der Waals surface area contributed by atoms with Gasteiger partial charge in [0.1, 0.15) is 11.5 Å². The Labute approximate surface area is 137 Å². The molecule has 0 radical (unpaired) electrons. The summed E-state index contributed by atoms with van der Waals surface area (Å²) in [6, 6.07) is 0. The third-order valence-corrected chi connectivity index (χ3v) is 3.95. The summed E-state index contributed by atoms with van der Waals surface area (Å²) >= 11 is 0. The Balaban J connectivity index is 5.26. The molecule has 0 saturated heterocycles. The fourth-order valence-corrected chi connectivity index (χ4v) is 1.91. The van der Waals surface area contributed by atoms with Crippen LogP contribution in [-0.4, -0.2) is 46.4 Å². The van der Waals surface area contributed by atoms with Crippen molar-refractivity contribution in [3.05, 3.63) is 0 Å². The third-order valence-electron chi connectivity index (χ3n) is 3.95. The lowest BCUT2D eigenvalue weighted by atomic mass is 9.96. The lowest BCUT2D eigenvalue weighted by molar-refractivity contribution is -0.182. The number of rotatable bonds is 12. The second-order valence-corrected chi connectivity index (χ2v) is 5.77. The van der Waals surface area contributed by atoms with Crippen molar-refractivity contribution in [2.45, 2.75) is 71.5 Å². The fraction of sp³-hybridized carbons (Fsp3) is 0.812. The Kier molecular flexibility index (Phi) is 9.48. The Morgan fingerprint density at radius 3 is 2.04 bits per heavy atom. The van der Waals surface area contributed by atoms with Crippen LogP contribution in [0.1, 0.15) is 59.8 Å². The molecule has 2 N–H and O–H groups in total. The highest BCUT2D eigenvalue weighted by Gasteiger charge is 2.40. The second-order valence-electron chi connectivity index (χ2n) is 5.77. The maximum Gasteiger partial charge on any atom is 0.336 e. The molecule has 134 valence electrons. The molecule has 0 aromatic carbocycles. The van der Waals surface area contributed by atoms with E-state index in [1.54, 1.807) is 6.92 Å². The highest BCUT2D eigenvalue weighted by molar-refractivity contribution is 5.86. The fourth-order valence-electron chi connectivity index (χ4n) is 1.91. The Morgan fingerprint density at radius 1 is 1.09 bits per heavy atom. The van der Waals surface area contributed by atoms with Gasteiger partial charge in [-0.3, -0.25) is 9.59 Å². The number of aliphatic carboxylic acids is 2. The summed E-state index contributed by atoms with van der Waals surface area (Å²) in [6.45, 7) is 7.56. The second kappa shape index (κ2) is 10.2. The largest absolute Gasteiger partial charge is 0.481 e. The maximum atomic E-state index is 12.4. The molecule has 0 rings (SSSR count). The molecular weight excluding hydrogens is 304 g/mol. The van der Waals surface area contributed by atoms with Gasteiger partial charge in [0.2, 0.25) is 0 Å². The van der Waals surface area contributed by atoms with Gasteiger partial charge in [-0.2, -0.15) is 0 Å². The first-order valence-corrected chi connectivity index (χ1v) is 7.99. The topological polar surface area (TPSA) is 110 Å². The van der Waals surface area contributed by atoms with Gasteiger partial charge in [-0.15, -0.1) is 0 Å². The molecule has 0 aromatic rings. The summed E-state index contributed by atoms with van der Waals surface area (Å²) in [6.07, 6.45) is 0.451. The number of carboxylic acid groups (broad SMARTS) is 2. The highest BCUT2D eigenvalue weighted by Crippen LogP contribution is 2.24. The molecule has 0 fully saturated rings. The minimum Gasteiger partial charge on any atom is -0.481 e. The third kappa shape index (κ3) is 7.45. The quantitative estimate of drug-likeness (QED) is 0.417. The van der Waals surface area contributed by atoms with E-state index in [4.69, 9.17) is 14.6 Å². The van der Waals surface area contributed by atoms with Gasteiger partial charge in [-0.25, -0.2) is 4.79 Å². The van der Waals surface area contributed by atoms with Crippen LogP contribution in [-0.2, 0) is 23.9 Å². The van der Waals surface area contributed by atoms with Gasteiger partial charge in [-0.05, 0) is 26.2 Å². The van der Waals surface area contributed by atoms with Gasteiger partial charge in [0.25, 0.3) is 0 Å². The summed E-state index contributed by atoms with van der Waals surface area (Å²) in [4.78, 5) is 34.7. The van der Waals surface area contributed by atoms with Gasteiger partial charge in [0.05, 0.1) is 6.42 Å². The number of unbranched alkanes of at least 4 members (excludes halogenated alkanes) is 1. The summed E-state index contributed by atoms with van der Waals surface area (Å²) in [5, 5.41) is 18.1. The van der Waals surface area contributed by atoms with Crippen LogP contribution in [0.15, 0.2) is 0 Å². The molecule has 0 bridgehead atoms. The van der Waals surface area contributed by atoms with Crippen molar-refractivity contribution in [2.75, 3.05) is 6.61 Å². The molecule has 0 aliphatic rings. The first kappa shape index (κ1) is 21.4. The minimum atomic E-state index is -1.48. The average molecular weight is 332 g/mol. The number of carboxylic acids is 2. The molecule has 7 heteroatoms. The predicted octanol–water partition coefficient (Wildman–Crippen LogP) is 2.47. The normalized spacial score (nSPS) is 14.1. The smallest absolute Gasteiger partial charge is 0.336 e. The van der Waals surface area contributed by atoms with E-state index in [-0.39, 0.29) is 6.61 Å². The van der Waals surface area contributed by atoms with E-state index in [1.807, 2.05) is 20.8 Å². The van der Waals surface area contributed by atoms with Gasteiger partial charge in [0, 0.05) is 6.61 Å². The Hall–Kier alpha value is -1.63. The van der Waals surface area contributed by atoms with Crippen LogP contribution in [0.2, 0.25) is 0 Å². The molecule has 0 aliphatic carbocycles. The first-order chi connectivity index (χ1) is 10.7. The summed E-state index contributed by atoms with van der Waals surface area (Å²) in [5.74, 6) is -4.99. The van der Waals surface area contributed by atoms with Crippen LogP contribution >= 0.6 is 0 Å². The van der Waals surface area contributed by atoms with Crippen LogP contribution < -0.4 is 0 Å². The number of carbonyl (C=O) groups excluding carboxylic acids is 1. The number of carbonyl (C=O) groups is 3. The molecule has 0 aromatic heterocycles. The van der Waals surface area contributed by atoms with Crippen molar-refractivity contribution in [2.24, 2.45) is 5.92 Å². The van der Waals surface area contributed by atoms with Crippen molar-refractivity contribution in [3.63, 3.8) is 0 Å². The number of hydrogen-bond donors (Lipinski definition) is 2. The predicted molar refractivity (Wildman–Crippen MR) is 83.1 cm³/mol. The molecule has 0 saturated carbocycles. The summed E-state index contributed by atoms with van der Waals surface area (Å²) in [5.41, 5.74) is -0.726. The lowest BCUT2D eigenvalue weighted by Crippen LogP contribution is -2.43. The van der Waals surface area contributed by atoms with E-state index in [1.165, 1.54) is 0 Å².